The molecule has 0 saturated heterocycles. The number of rotatable bonds is 0. The molecule has 2 nitrogen and oxygen atoms in total. The van der Waals surface area contributed by atoms with Crippen molar-refractivity contribution in [3.8, 4) is 0 Å². The Balaban J connectivity index is 0.000000396. The van der Waals surface area contributed by atoms with Crippen LogP contribution in [0.4, 0.5) is 10.1 Å². The molecule has 2 rings (SSSR count). The van der Waals surface area contributed by atoms with Crippen molar-refractivity contribution in [2.45, 2.75) is 20.3 Å². The molecule has 0 aliphatic carbocycles. The molecule has 3 heteroatoms. The fourth-order valence-electron chi connectivity index (χ4n) is 1.20. The van der Waals surface area contributed by atoms with Gasteiger partial charge in [0.15, 0.2) is 0 Å². The molecule has 0 atom stereocenters. The van der Waals surface area contributed by atoms with E-state index in [-0.39, 0.29) is 11.7 Å². The Bertz CT molecular complexity index is 323. The number of hydrogen-bond acceptors (Lipinski definition) is 1. The Kier molecular flexibility index (Phi) is 3.01. The molecule has 1 amide bonds. The largest absolute Gasteiger partial charge is 0.326 e. The first-order chi connectivity index (χ1) is 6.25. The van der Waals surface area contributed by atoms with Crippen molar-refractivity contribution in [1.29, 1.82) is 0 Å². The molecule has 1 aromatic carbocycles. The fourth-order valence-corrected chi connectivity index (χ4v) is 1.20. The van der Waals surface area contributed by atoms with Gasteiger partial charge in [-0.15, -0.1) is 0 Å². The van der Waals surface area contributed by atoms with Gasteiger partial charge in [0, 0.05) is 5.69 Å². The quantitative estimate of drug-likeness (QED) is 0.654. The molecule has 1 aromatic rings. The highest BCUT2D eigenvalue weighted by Crippen LogP contribution is 2.22. The Hall–Kier alpha value is -1.38. The van der Waals surface area contributed by atoms with Gasteiger partial charge in [0.2, 0.25) is 5.91 Å². The highest BCUT2D eigenvalue weighted by molar-refractivity contribution is 5.98. The molecule has 0 bridgehead atoms. The summed E-state index contributed by atoms with van der Waals surface area (Å²) in [6.07, 6.45) is 0.299. The van der Waals surface area contributed by atoms with Crippen molar-refractivity contribution in [3.63, 3.8) is 0 Å². The maximum atomic E-state index is 12.5. The standard InChI is InChI=1S/C8H6FNO.C2H6/c9-6-1-2-7-5(3-6)4-8(11)10-7;1-2/h1-3H,4H2,(H,10,11);1-2H3. The van der Waals surface area contributed by atoms with Crippen LogP contribution in [0.1, 0.15) is 19.4 Å². The van der Waals surface area contributed by atoms with Crippen molar-refractivity contribution in [3.05, 3.63) is 29.6 Å². The summed E-state index contributed by atoms with van der Waals surface area (Å²) in [7, 11) is 0. The lowest BCUT2D eigenvalue weighted by Crippen LogP contribution is -2.03. The van der Waals surface area contributed by atoms with E-state index in [4.69, 9.17) is 0 Å². The van der Waals surface area contributed by atoms with Gasteiger partial charge in [-0.2, -0.15) is 0 Å². The normalized spacial score (nSPS) is 12.7. The Morgan fingerprint density at radius 2 is 2.08 bits per heavy atom. The minimum atomic E-state index is -0.291. The first-order valence-corrected chi connectivity index (χ1v) is 4.34. The van der Waals surface area contributed by atoms with Crippen molar-refractivity contribution in [1.82, 2.24) is 0 Å². The monoisotopic (exact) mass is 181 g/mol. The zero-order valence-electron chi connectivity index (χ0n) is 7.73. The van der Waals surface area contributed by atoms with E-state index in [0.717, 1.165) is 11.3 Å². The minimum absolute atomic E-state index is 0.0643. The van der Waals surface area contributed by atoms with Gasteiger partial charge in [-0.1, -0.05) is 13.8 Å². The molecular formula is C10H12FNO. The summed E-state index contributed by atoms with van der Waals surface area (Å²) < 4.78 is 12.5. The molecule has 1 aliphatic heterocycles. The second kappa shape index (κ2) is 4.03. The van der Waals surface area contributed by atoms with Crippen molar-refractivity contribution >= 4 is 11.6 Å². The summed E-state index contributed by atoms with van der Waals surface area (Å²) in [5.41, 5.74) is 1.48. The lowest BCUT2D eigenvalue weighted by Gasteiger charge is -1.95. The van der Waals surface area contributed by atoms with Crippen LogP contribution in [0.25, 0.3) is 0 Å². The molecule has 70 valence electrons. The van der Waals surface area contributed by atoms with Crippen molar-refractivity contribution < 1.29 is 9.18 Å². The second-order valence-corrected chi connectivity index (χ2v) is 2.53. The maximum Gasteiger partial charge on any atom is 0.228 e. The van der Waals surface area contributed by atoms with E-state index in [2.05, 4.69) is 5.32 Å². The van der Waals surface area contributed by atoms with Gasteiger partial charge in [0.1, 0.15) is 5.82 Å². The highest BCUT2D eigenvalue weighted by Gasteiger charge is 2.16. The molecule has 1 heterocycles. The summed E-state index contributed by atoms with van der Waals surface area (Å²) in [5, 5.41) is 2.62. The fraction of sp³-hybridized carbons (Fsp3) is 0.300. The van der Waals surface area contributed by atoms with E-state index in [0.29, 0.717) is 6.42 Å². The van der Waals surface area contributed by atoms with Crippen LogP contribution in [0.15, 0.2) is 18.2 Å². The van der Waals surface area contributed by atoms with E-state index in [1.54, 1.807) is 6.07 Å². The summed E-state index contributed by atoms with van der Waals surface area (Å²) in [4.78, 5) is 10.8. The molecule has 0 spiro atoms. The van der Waals surface area contributed by atoms with Crippen LogP contribution in [-0.2, 0) is 11.2 Å². The van der Waals surface area contributed by atoms with Gasteiger partial charge < -0.3 is 5.32 Å². The van der Waals surface area contributed by atoms with E-state index < -0.39 is 0 Å². The summed E-state index contributed by atoms with van der Waals surface area (Å²) in [6.45, 7) is 4.00. The number of benzene rings is 1. The third kappa shape index (κ3) is 2.05. The number of anilines is 1. The van der Waals surface area contributed by atoms with Gasteiger partial charge >= 0.3 is 0 Å². The van der Waals surface area contributed by atoms with Crippen LogP contribution < -0.4 is 5.32 Å². The molecule has 0 radical (unpaired) electrons. The van der Waals surface area contributed by atoms with Gasteiger partial charge in [-0.3, -0.25) is 4.79 Å². The van der Waals surface area contributed by atoms with Crippen LogP contribution in [0, 0.1) is 5.82 Å². The van der Waals surface area contributed by atoms with Gasteiger partial charge in [-0.25, -0.2) is 4.39 Å². The smallest absolute Gasteiger partial charge is 0.228 e. The van der Waals surface area contributed by atoms with Crippen molar-refractivity contribution in [2.75, 3.05) is 5.32 Å². The lowest BCUT2D eigenvalue weighted by molar-refractivity contribution is -0.115. The Morgan fingerprint density at radius 1 is 1.38 bits per heavy atom. The van der Waals surface area contributed by atoms with Crippen LogP contribution in [0.2, 0.25) is 0 Å². The third-order valence-electron chi connectivity index (χ3n) is 1.69. The summed E-state index contributed by atoms with van der Waals surface area (Å²) >= 11 is 0. The predicted octanol–water partition coefficient (Wildman–Crippen LogP) is 2.35. The van der Waals surface area contributed by atoms with E-state index in [1.807, 2.05) is 13.8 Å². The first kappa shape index (κ1) is 9.71. The zero-order valence-corrected chi connectivity index (χ0v) is 7.73. The zero-order chi connectivity index (χ0) is 9.84. The third-order valence-corrected chi connectivity index (χ3v) is 1.69. The van der Waals surface area contributed by atoms with Crippen LogP contribution in [0.5, 0.6) is 0 Å². The number of halogens is 1. The Morgan fingerprint density at radius 3 is 2.77 bits per heavy atom. The van der Waals surface area contributed by atoms with Gasteiger partial charge in [0.25, 0.3) is 0 Å². The van der Waals surface area contributed by atoms with Crippen LogP contribution >= 0.6 is 0 Å². The molecule has 0 fully saturated rings. The minimum Gasteiger partial charge on any atom is -0.326 e. The molecular weight excluding hydrogens is 169 g/mol. The summed E-state index contributed by atoms with van der Waals surface area (Å²) in [5.74, 6) is -0.356. The number of hydrogen-bond donors (Lipinski definition) is 1. The summed E-state index contributed by atoms with van der Waals surface area (Å²) in [6, 6.07) is 4.30. The van der Waals surface area contributed by atoms with Gasteiger partial charge in [-0.05, 0) is 23.8 Å². The molecule has 13 heavy (non-hydrogen) atoms. The SMILES string of the molecule is CC.O=C1Cc2cc(F)ccc2N1. The second-order valence-electron chi connectivity index (χ2n) is 2.53. The molecule has 0 saturated carbocycles. The number of amides is 1. The lowest BCUT2D eigenvalue weighted by atomic mass is 10.2. The van der Waals surface area contributed by atoms with E-state index in [1.165, 1.54) is 12.1 Å². The van der Waals surface area contributed by atoms with E-state index in [9.17, 15) is 9.18 Å². The van der Waals surface area contributed by atoms with Crippen molar-refractivity contribution in [2.24, 2.45) is 0 Å². The number of nitrogens with one attached hydrogen (secondary N) is 1. The van der Waals surface area contributed by atoms with Crippen LogP contribution in [-0.4, -0.2) is 5.91 Å². The van der Waals surface area contributed by atoms with Gasteiger partial charge in [0.05, 0.1) is 6.42 Å². The molecule has 1 aliphatic rings. The average Bonchev–Trinajstić information content (AvgIpc) is 2.48. The van der Waals surface area contributed by atoms with E-state index >= 15 is 0 Å². The topological polar surface area (TPSA) is 29.1 Å². The maximum absolute atomic E-state index is 12.5. The average molecular weight is 181 g/mol. The molecule has 1 N–H and O–H groups in total. The number of fused-ring (bicyclic) bond motifs is 1. The predicted molar refractivity (Wildman–Crippen MR) is 50.1 cm³/mol. The first-order valence-electron chi connectivity index (χ1n) is 4.34. The number of carbonyl (C=O) groups is 1. The molecule has 0 aromatic heterocycles. The molecule has 0 unspecified atom stereocenters. The van der Waals surface area contributed by atoms with Crippen LogP contribution in [0.3, 0.4) is 0 Å². The highest BCUT2D eigenvalue weighted by atomic mass is 19.1. The number of carbonyl (C=O) groups excluding carboxylic acids is 1. The Labute approximate surface area is 76.8 Å².